The van der Waals surface area contributed by atoms with E-state index in [0.717, 1.165) is 30.0 Å². The van der Waals surface area contributed by atoms with Gasteiger partial charge >= 0.3 is 0 Å². The number of nitrogens with zero attached hydrogens (tertiary/aromatic N) is 1. The van der Waals surface area contributed by atoms with Gasteiger partial charge in [0.2, 0.25) is 5.91 Å². The lowest BCUT2D eigenvalue weighted by molar-refractivity contribution is -0.117. The first-order chi connectivity index (χ1) is 11.9. The minimum atomic E-state index is -0.00641. The molecule has 0 saturated heterocycles. The lowest BCUT2D eigenvalue weighted by atomic mass is 10.1. The SMILES string of the molecule is Cc1ccc(NC(=O)CN(C)CCCOc2ccc(Cl)cc2)c(C)c1. The first-order valence-electron chi connectivity index (χ1n) is 8.38. The molecule has 0 aliphatic carbocycles. The number of carbonyl (C=O) groups is 1. The molecule has 2 aromatic carbocycles. The second-order valence-electron chi connectivity index (χ2n) is 6.26. The van der Waals surface area contributed by atoms with Crippen molar-refractivity contribution in [1.82, 2.24) is 4.90 Å². The lowest BCUT2D eigenvalue weighted by Crippen LogP contribution is -2.31. The van der Waals surface area contributed by atoms with Crippen LogP contribution in [0, 0.1) is 13.8 Å². The van der Waals surface area contributed by atoms with Gasteiger partial charge in [0.05, 0.1) is 13.2 Å². The summed E-state index contributed by atoms with van der Waals surface area (Å²) in [5.41, 5.74) is 3.13. The number of halogens is 1. The van der Waals surface area contributed by atoms with E-state index in [2.05, 4.69) is 11.4 Å². The van der Waals surface area contributed by atoms with Crippen LogP contribution in [0.1, 0.15) is 17.5 Å². The molecule has 25 heavy (non-hydrogen) atoms. The molecule has 1 N–H and O–H groups in total. The average molecular weight is 361 g/mol. The molecule has 4 nitrogen and oxygen atoms in total. The van der Waals surface area contributed by atoms with Crippen molar-refractivity contribution in [2.75, 3.05) is 32.1 Å². The minimum Gasteiger partial charge on any atom is -0.494 e. The van der Waals surface area contributed by atoms with Gasteiger partial charge in [0.25, 0.3) is 0 Å². The standard InChI is InChI=1S/C20H25ClN2O2/c1-15-5-10-19(16(2)13-15)22-20(24)14-23(3)11-4-12-25-18-8-6-17(21)7-9-18/h5-10,13H,4,11-12,14H2,1-3H3,(H,22,24). The summed E-state index contributed by atoms with van der Waals surface area (Å²) in [5, 5.41) is 3.66. The highest BCUT2D eigenvalue weighted by Crippen LogP contribution is 2.16. The second kappa shape index (κ2) is 9.44. The predicted molar refractivity (Wildman–Crippen MR) is 104 cm³/mol. The van der Waals surface area contributed by atoms with Crippen LogP contribution in [-0.2, 0) is 4.79 Å². The third-order valence-corrected chi connectivity index (χ3v) is 4.09. The number of likely N-dealkylation sites (N-methyl/N-ethyl adjacent to an activating group) is 1. The molecule has 0 aromatic heterocycles. The number of carbonyl (C=O) groups excluding carboxylic acids is 1. The van der Waals surface area contributed by atoms with Gasteiger partial charge in [-0.05, 0) is 63.2 Å². The Morgan fingerprint density at radius 2 is 1.88 bits per heavy atom. The van der Waals surface area contributed by atoms with Gasteiger partial charge in [0, 0.05) is 17.3 Å². The van der Waals surface area contributed by atoms with E-state index in [0.29, 0.717) is 18.2 Å². The smallest absolute Gasteiger partial charge is 0.238 e. The summed E-state index contributed by atoms with van der Waals surface area (Å²) in [7, 11) is 1.93. The summed E-state index contributed by atoms with van der Waals surface area (Å²) in [6.07, 6.45) is 0.843. The summed E-state index contributed by atoms with van der Waals surface area (Å²) < 4.78 is 5.65. The molecule has 0 fully saturated rings. The van der Waals surface area contributed by atoms with Crippen molar-refractivity contribution in [3.05, 3.63) is 58.6 Å². The number of ether oxygens (including phenoxy) is 1. The fourth-order valence-electron chi connectivity index (χ4n) is 2.52. The van der Waals surface area contributed by atoms with Crippen LogP contribution in [0.5, 0.6) is 5.75 Å². The van der Waals surface area contributed by atoms with Gasteiger partial charge < -0.3 is 10.1 Å². The molecule has 0 atom stereocenters. The van der Waals surface area contributed by atoms with Crippen LogP contribution in [0.4, 0.5) is 5.69 Å². The molecule has 0 aliphatic rings. The average Bonchev–Trinajstić information content (AvgIpc) is 2.56. The van der Waals surface area contributed by atoms with Crippen molar-refractivity contribution in [2.24, 2.45) is 0 Å². The van der Waals surface area contributed by atoms with E-state index in [1.807, 2.05) is 50.1 Å². The number of rotatable bonds is 8. The number of benzene rings is 2. The zero-order chi connectivity index (χ0) is 18.2. The summed E-state index contributed by atoms with van der Waals surface area (Å²) in [4.78, 5) is 14.1. The maximum atomic E-state index is 12.1. The summed E-state index contributed by atoms with van der Waals surface area (Å²) in [6, 6.07) is 13.3. The van der Waals surface area contributed by atoms with Crippen molar-refractivity contribution in [3.8, 4) is 5.75 Å². The third kappa shape index (κ3) is 6.77. The topological polar surface area (TPSA) is 41.6 Å². The van der Waals surface area contributed by atoms with Gasteiger partial charge in [-0.15, -0.1) is 0 Å². The van der Waals surface area contributed by atoms with Crippen LogP contribution in [0.3, 0.4) is 0 Å². The van der Waals surface area contributed by atoms with Crippen molar-refractivity contribution >= 4 is 23.2 Å². The second-order valence-corrected chi connectivity index (χ2v) is 6.70. The molecule has 0 saturated carbocycles. The van der Waals surface area contributed by atoms with Gasteiger partial charge in [-0.3, -0.25) is 9.69 Å². The van der Waals surface area contributed by atoms with Gasteiger partial charge in [-0.25, -0.2) is 0 Å². The van der Waals surface area contributed by atoms with Crippen molar-refractivity contribution in [2.45, 2.75) is 20.3 Å². The van der Waals surface area contributed by atoms with Crippen molar-refractivity contribution in [1.29, 1.82) is 0 Å². The van der Waals surface area contributed by atoms with Crippen LogP contribution >= 0.6 is 11.6 Å². The van der Waals surface area contributed by atoms with E-state index < -0.39 is 0 Å². The highest BCUT2D eigenvalue weighted by molar-refractivity contribution is 6.30. The summed E-state index contributed by atoms with van der Waals surface area (Å²) >= 11 is 5.84. The first-order valence-corrected chi connectivity index (χ1v) is 8.76. The molecule has 2 aromatic rings. The van der Waals surface area contributed by atoms with Gasteiger partial charge in [0.15, 0.2) is 0 Å². The molecular formula is C20H25ClN2O2. The molecule has 0 bridgehead atoms. The Kier molecular flexibility index (Phi) is 7.29. The van der Waals surface area contributed by atoms with E-state index in [1.165, 1.54) is 5.56 Å². The number of amides is 1. The minimum absolute atomic E-state index is 0.00641. The Hall–Kier alpha value is -2.04. The van der Waals surface area contributed by atoms with Crippen LogP contribution in [0.15, 0.2) is 42.5 Å². The zero-order valence-corrected chi connectivity index (χ0v) is 15.8. The molecule has 0 heterocycles. The van der Waals surface area contributed by atoms with E-state index in [1.54, 1.807) is 12.1 Å². The Morgan fingerprint density at radius 1 is 1.16 bits per heavy atom. The predicted octanol–water partition coefficient (Wildman–Crippen LogP) is 4.30. The number of hydrogen-bond donors (Lipinski definition) is 1. The summed E-state index contributed by atoms with van der Waals surface area (Å²) in [6.45, 7) is 5.78. The van der Waals surface area contributed by atoms with Gasteiger partial charge in [0.1, 0.15) is 5.75 Å². The zero-order valence-electron chi connectivity index (χ0n) is 15.0. The highest BCUT2D eigenvalue weighted by atomic mass is 35.5. The van der Waals surface area contributed by atoms with Crippen LogP contribution in [0.25, 0.3) is 0 Å². The van der Waals surface area contributed by atoms with E-state index in [9.17, 15) is 4.79 Å². The van der Waals surface area contributed by atoms with E-state index in [4.69, 9.17) is 16.3 Å². The Balaban J connectivity index is 1.68. The molecule has 134 valence electrons. The van der Waals surface area contributed by atoms with Crippen LogP contribution in [-0.4, -0.2) is 37.6 Å². The molecule has 2 rings (SSSR count). The Labute approximate surface area is 154 Å². The first kappa shape index (κ1) is 19.3. The van der Waals surface area contributed by atoms with Gasteiger partial charge in [-0.2, -0.15) is 0 Å². The van der Waals surface area contributed by atoms with E-state index in [-0.39, 0.29) is 5.91 Å². The number of anilines is 1. The molecule has 0 radical (unpaired) electrons. The summed E-state index contributed by atoms with van der Waals surface area (Å²) in [5.74, 6) is 0.799. The molecule has 0 unspecified atom stereocenters. The lowest BCUT2D eigenvalue weighted by Gasteiger charge is -2.17. The van der Waals surface area contributed by atoms with Crippen LogP contribution < -0.4 is 10.1 Å². The molecular weight excluding hydrogens is 336 g/mol. The molecule has 5 heteroatoms. The highest BCUT2D eigenvalue weighted by Gasteiger charge is 2.08. The molecule has 0 spiro atoms. The fraction of sp³-hybridized carbons (Fsp3) is 0.350. The van der Waals surface area contributed by atoms with Crippen LogP contribution in [0.2, 0.25) is 5.02 Å². The molecule has 1 amide bonds. The van der Waals surface area contributed by atoms with Crippen molar-refractivity contribution in [3.63, 3.8) is 0 Å². The van der Waals surface area contributed by atoms with E-state index >= 15 is 0 Å². The third-order valence-electron chi connectivity index (χ3n) is 3.84. The maximum absolute atomic E-state index is 12.1. The quantitative estimate of drug-likeness (QED) is 0.714. The number of hydrogen-bond acceptors (Lipinski definition) is 3. The Bertz CT molecular complexity index is 701. The fourth-order valence-corrected chi connectivity index (χ4v) is 2.65. The number of nitrogens with one attached hydrogen (secondary N) is 1. The molecule has 0 aliphatic heterocycles. The van der Waals surface area contributed by atoms with Gasteiger partial charge in [-0.1, -0.05) is 29.3 Å². The largest absolute Gasteiger partial charge is 0.494 e. The van der Waals surface area contributed by atoms with Crippen molar-refractivity contribution < 1.29 is 9.53 Å². The normalized spacial score (nSPS) is 10.8. The Morgan fingerprint density at radius 3 is 2.56 bits per heavy atom. The maximum Gasteiger partial charge on any atom is 0.238 e. The monoisotopic (exact) mass is 360 g/mol. The number of aryl methyl sites for hydroxylation is 2.